The van der Waals surface area contributed by atoms with Gasteiger partial charge in [-0.15, -0.1) is 0 Å². The maximum atomic E-state index is 6.14. The summed E-state index contributed by atoms with van der Waals surface area (Å²) < 4.78 is 0. The molecule has 0 aliphatic carbocycles. The average Bonchev–Trinajstić information content (AvgIpc) is 2.20. The number of hydrogen-bond acceptors (Lipinski definition) is 1. The van der Waals surface area contributed by atoms with E-state index in [4.69, 9.17) is 11.6 Å². The number of aryl methyl sites for hydroxylation is 1. The standard InChI is InChI=1S/C14H22ClN/c1-10(2)5-7-12(4)16-14-9-11(3)6-8-13(14)15/h6,8-10,12,16H,5,7H2,1-4H3. The summed E-state index contributed by atoms with van der Waals surface area (Å²) in [7, 11) is 0. The van der Waals surface area contributed by atoms with E-state index in [0.29, 0.717) is 6.04 Å². The molecule has 1 nitrogen and oxygen atoms in total. The monoisotopic (exact) mass is 239 g/mol. The van der Waals surface area contributed by atoms with Gasteiger partial charge in [0.1, 0.15) is 0 Å². The molecule has 0 aromatic heterocycles. The number of benzene rings is 1. The maximum Gasteiger partial charge on any atom is 0.0637 e. The van der Waals surface area contributed by atoms with Gasteiger partial charge in [0.2, 0.25) is 0 Å². The van der Waals surface area contributed by atoms with E-state index >= 15 is 0 Å². The van der Waals surface area contributed by atoms with Gasteiger partial charge in [0.15, 0.2) is 0 Å². The van der Waals surface area contributed by atoms with Gasteiger partial charge in [0.25, 0.3) is 0 Å². The van der Waals surface area contributed by atoms with E-state index in [1.54, 1.807) is 0 Å². The van der Waals surface area contributed by atoms with E-state index in [2.05, 4.69) is 39.1 Å². The minimum absolute atomic E-state index is 0.474. The molecule has 1 aromatic rings. The number of rotatable bonds is 5. The Hall–Kier alpha value is -0.690. The first-order valence-electron chi connectivity index (χ1n) is 6.01. The van der Waals surface area contributed by atoms with Crippen molar-refractivity contribution in [1.29, 1.82) is 0 Å². The van der Waals surface area contributed by atoms with E-state index in [1.807, 2.05) is 12.1 Å². The highest BCUT2D eigenvalue weighted by Crippen LogP contribution is 2.24. The van der Waals surface area contributed by atoms with E-state index in [9.17, 15) is 0 Å². The van der Waals surface area contributed by atoms with Crippen LogP contribution in [0.4, 0.5) is 5.69 Å². The van der Waals surface area contributed by atoms with Crippen molar-refractivity contribution in [2.75, 3.05) is 5.32 Å². The Bertz CT molecular complexity index is 334. The van der Waals surface area contributed by atoms with Crippen LogP contribution in [-0.2, 0) is 0 Å². The topological polar surface area (TPSA) is 12.0 Å². The Kier molecular flexibility index (Phi) is 5.14. The van der Waals surface area contributed by atoms with E-state index in [1.165, 1.54) is 18.4 Å². The average molecular weight is 240 g/mol. The first-order chi connectivity index (χ1) is 7.49. The molecule has 0 aliphatic rings. The summed E-state index contributed by atoms with van der Waals surface area (Å²) in [5.74, 6) is 0.761. The molecule has 1 atom stereocenters. The molecule has 1 N–H and O–H groups in total. The van der Waals surface area contributed by atoms with Crippen molar-refractivity contribution in [3.8, 4) is 0 Å². The summed E-state index contributed by atoms with van der Waals surface area (Å²) in [6.45, 7) is 8.81. The first kappa shape index (κ1) is 13.4. The summed E-state index contributed by atoms with van der Waals surface area (Å²) in [5, 5.41) is 4.28. The van der Waals surface area contributed by atoms with Gasteiger partial charge in [-0.25, -0.2) is 0 Å². The molecule has 1 aromatic carbocycles. The lowest BCUT2D eigenvalue weighted by molar-refractivity contribution is 0.528. The normalized spacial score (nSPS) is 12.9. The molecular formula is C14H22ClN. The fourth-order valence-electron chi connectivity index (χ4n) is 1.67. The molecular weight excluding hydrogens is 218 g/mol. The fourth-order valence-corrected chi connectivity index (χ4v) is 1.84. The predicted octanol–water partition coefficient (Wildman–Crippen LogP) is 4.89. The van der Waals surface area contributed by atoms with Gasteiger partial charge in [0, 0.05) is 6.04 Å². The Labute approximate surface area is 104 Å². The number of nitrogens with one attached hydrogen (secondary N) is 1. The number of hydrogen-bond donors (Lipinski definition) is 1. The molecule has 0 amide bonds. The number of halogens is 1. The van der Waals surface area contributed by atoms with Crippen LogP contribution in [-0.4, -0.2) is 6.04 Å². The minimum atomic E-state index is 0.474. The van der Waals surface area contributed by atoms with Gasteiger partial charge in [-0.3, -0.25) is 0 Å². The van der Waals surface area contributed by atoms with E-state index in [-0.39, 0.29) is 0 Å². The fraction of sp³-hybridized carbons (Fsp3) is 0.571. The molecule has 2 heteroatoms. The van der Waals surface area contributed by atoms with Crippen LogP contribution in [0, 0.1) is 12.8 Å². The number of anilines is 1. The Morgan fingerprint density at radius 3 is 2.50 bits per heavy atom. The lowest BCUT2D eigenvalue weighted by Crippen LogP contribution is -2.16. The predicted molar refractivity (Wildman–Crippen MR) is 73.3 cm³/mol. The van der Waals surface area contributed by atoms with E-state index in [0.717, 1.165) is 16.6 Å². The second kappa shape index (κ2) is 6.15. The molecule has 0 bridgehead atoms. The quantitative estimate of drug-likeness (QED) is 0.772. The molecule has 1 unspecified atom stereocenters. The zero-order valence-corrected chi connectivity index (χ0v) is 11.4. The van der Waals surface area contributed by atoms with Gasteiger partial charge < -0.3 is 5.32 Å². The molecule has 0 spiro atoms. The van der Waals surface area contributed by atoms with Crippen molar-refractivity contribution < 1.29 is 0 Å². The van der Waals surface area contributed by atoms with Gasteiger partial charge in [-0.1, -0.05) is 31.5 Å². The third-order valence-corrected chi connectivity index (χ3v) is 3.03. The van der Waals surface area contributed by atoms with Crippen LogP contribution >= 0.6 is 11.6 Å². The highest BCUT2D eigenvalue weighted by Gasteiger charge is 2.06. The molecule has 0 radical (unpaired) electrons. The highest BCUT2D eigenvalue weighted by atomic mass is 35.5. The van der Waals surface area contributed by atoms with Crippen LogP contribution in [0.15, 0.2) is 18.2 Å². The third-order valence-electron chi connectivity index (χ3n) is 2.70. The van der Waals surface area contributed by atoms with Crippen LogP contribution in [0.3, 0.4) is 0 Å². The molecule has 0 aliphatic heterocycles. The molecule has 0 saturated carbocycles. The van der Waals surface area contributed by atoms with Crippen molar-refractivity contribution in [2.45, 2.75) is 46.6 Å². The minimum Gasteiger partial charge on any atom is -0.381 e. The van der Waals surface area contributed by atoms with Gasteiger partial charge >= 0.3 is 0 Å². The summed E-state index contributed by atoms with van der Waals surface area (Å²) in [4.78, 5) is 0. The molecule has 90 valence electrons. The van der Waals surface area contributed by atoms with Gasteiger partial charge in [0.05, 0.1) is 10.7 Å². The third kappa shape index (κ3) is 4.44. The van der Waals surface area contributed by atoms with Crippen molar-refractivity contribution in [2.24, 2.45) is 5.92 Å². The largest absolute Gasteiger partial charge is 0.381 e. The molecule has 0 fully saturated rings. The maximum absolute atomic E-state index is 6.14. The Morgan fingerprint density at radius 2 is 1.88 bits per heavy atom. The van der Waals surface area contributed by atoms with Gasteiger partial charge in [-0.2, -0.15) is 0 Å². The van der Waals surface area contributed by atoms with Crippen molar-refractivity contribution in [1.82, 2.24) is 0 Å². The highest BCUT2D eigenvalue weighted by molar-refractivity contribution is 6.33. The molecule has 16 heavy (non-hydrogen) atoms. The Morgan fingerprint density at radius 1 is 1.19 bits per heavy atom. The lowest BCUT2D eigenvalue weighted by atomic mass is 10.0. The Balaban J connectivity index is 2.55. The summed E-state index contributed by atoms with van der Waals surface area (Å²) in [6.07, 6.45) is 2.43. The van der Waals surface area contributed by atoms with Crippen LogP contribution < -0.4 is 5.32 Å². The smallest absolute Gasteiger partial charge is 0.0637 e. The molecule has 1 rings (SSSR count). The van der Waals surface area contributed by atoms with Crippen molar-refractivity contribution >= 4 is 17.3 Å². The van der Waals surface area contributed by atoms with Gasteiger partial charge in [-0.05, 0) is 50.3 Å². The second-order valence-electron chi connectivity index (χ2n) is 5.00. The SMILES string of the molecule is Cc1ccc(Cl)c(NC(C)CCC(C)C)c1. The second-order valence-corrected chi connectivity index (χ2v) is 5.41. The van der Waals surface area contributed by atoms with Crippen molar-refractivity contribution in [3.63, 3.8) is 0 Å². The zero-order chi connectivity index (χ0) is 12.1. The van der Waals surface area contributed by atoms with Crippen LogP contribution in [0.2, 0.25) is 5.02 Å². The zero-order valence-electron chi connectivity index (χ0n) is 10.7. The molecule has 0 saturated heterocycles. The lowest BCUT2D eigenvalue weighted by Gasteiger charge is -2.17. The van der Waals surface area contributed by atoms with Crippen molar-refractivity contribution in [3.05, 3.63) is 28.8 Å². The summed E-state index contributed by atoms with van der Waals surface area (Å²) >= 11 is 6.14. The summed E-state index contributed by atoms with van der Waals surface area (Å²) in [6, 6.07) is 6.57. The van der Waals surface area contributed by atoms with Crippen LogP contribution in [0.5, 0.6) is 0 Å². The van der Waals surface area contributed by atoms with Crippen LogP contribution in [0.1, 0.15) is 39.2 Å². The van der Waals surface area contributed by atoms with E-state index < -0.39 is 0 Å². The van der Waals surface area contributed by atoms with Crippen LogP contribution in [0.25, 0.3) is 0 Å². The summed E-state index contributed by atoms with van der Waals surface area (Å²) in [5.41, 5.74) is 2.29. The first-order valence-corrected chi connectivity index (χ1v) is 6.39. The molecule has 0 heterocycles.